The van der Waals surface area contributed by atoms with Gasteiger partial charge in [0, 0.05) is 12.1 Å². The van der Waals surface area contributed by atoms with E-state index >= 15 is 0 Å². The highest BCUT2D eigenvalue weighted by Crippen LogP contribution is 2.33. The van der Waals surface area contributed by atoms with Crippen LogP contribution in [0.3, 0.4) is 0 Å². The number of carbonyl (C=O) groups excluding carboxylic acids is 3. The Labute approximate surface area is 211 Å². The lowest BCUT2D eigenvalue weighted by Gasteiger charge is -2.26. The quantitative estimate of drug-likeness (QED) is 0.561. The zero-order valence-corrected chi connectivity index (χ0v) is 21.0. The van der Waals surface area contributed by atoms with Crippen LogP contribution >= 0.6 is 0 Å². The predicted molar refractivity (Wildman–Crippen MR) is 140 cm³/mol. The molecule has 3 amide bonds. The van der Waals surface area contributed by atoms with E-state index in [2.05, 4.69) is 31.3 Å². The molecule has 3 aromatic rings. The van der Waals surface area contributed by atoms with Crippen LogP contribution in [0.2, 0.25) is 0 Å². The second kappa shape index (κ2) is 9.61. The van der Waals surface area contributed by atoms with Gasteiger partial charge in [0.05, 0.1) is 23.8 Å². The second-order valence-corrected chi connectivity index (χ2v) is 9.83. The van der Waals surface area contributed by atoms with E-state index in [1.165, 1.54) is 11.1 Å². The topological polar surface area (TPSA) is 69.7 Å². The number of para-hydroxylation sites is 1. The molecule has 0 spiro atoms. The Morgan fingerprint density at radius 3 is 2.50 bits per heavy atom. The van der Waals surface area contributed by atoms with E-state index in [-0.39, 0.29) is 23.8 Å². The predicted octanol–water partition coefficient (Wildman–Crippen LogP) is 4.95. The van der Waals surface area contributed by atoms with Gasteiger partial charge >= 0.3 is 0 Å². The van der Waals surface area contributed by atoms with Gasteiger partial charge in [0.2, 0.25) is 5.91 Å². The van der Waals surface area contributed by atoms with E-state index in [1.807, 2.05) is 43.3 Å². The number of hydrogen-bond donors (Lipinski definition) is 1. The summed E-state index contributed by atoms with van der Waals surface area (Å²) < 4.78 is 0. The van der Waals surface area contributed by atoms with Gasteiger partial charge < -0.3 is 15.1 Å². The summed E-state index contributed by atoms with van der Waals surface area (Å²) in [4.78, 5) is 42.9. The van der Waals surface area contributed by atoms with Crippen molar-refractivity contribution < 1.29 is 14.4 Å². The number of nitrogens with zero attached hydrogens (tertiary/aromatic N) is 2. The summed E-state index contributed by atoms with van der Waals surface area (Å²) in [6, 6.07) is 20.4. The normalized spacial score (nSPS) is 17.9. The first-order chi connectivity index (χ1) is 17.3. The molecule has 6 nitrogen and oxygen atoms in total. The van der Waals surface area contributed by atoms with Gasteiger partial charge in [0.1, 0.15) is 6.04 Å². The number of rotatable bonds is 5. The number of amides is 3. The fraction of sp³-hybridized carbons (Fsp3) is 0.300. The van der Waals surface area contributed by atoms with Gasteiger partial charge in [-0.15, -0.1) is 0 Å². The van der Waals surface area contributed by atoms with E-state index < -0.39 is 6.04 Å². The molecule has 2 heterocycles. The van der Waals surface area contributed by atoms with Crippen molar-refractivity contribution in [2.45, 2.75) is 52.2 Å². The van der Waals surface area contributed by atoms with Crippen molar-refractivity contribution >= 4 is 23.4 Å². The van der Waals surface area contributed by atoms with E-state index in [1.54, 1.807) is 28.0 Å². The molecule has 0 radical (unpaired) electrons. The van der Waals surface area contributed by atoms with Crippen LogP contribution in [0.1, 0.15) is 68.8 Å². The average Bonchev–Trinajstić information content (AvgIpc) is 3.36. The Bertz CT molecular complexity index is 1330. The van der Waals surface area contributed by atoms with Crippen molar-refractivity contribution in [1.82, 2.24) is 10.2 Å². The van der Waals surface area contributed by atoms with Crippen LogP contribution < -0.4 is 10.2 Å². The Hall–Kier alpha value is -3.93. The van der Waals surface area contributed by atoms with Gasteiger partial charge in [-0.1, -0.05) is 42.5 Å². The van der Waals surface area contributed by atoms with E-state index in [0.717, 1.165) is 17.5 Å². The second-order valence-electron chi connectivity index (χ2n) is 9.83. The first kappa shape index (κ1) is 23.8. The van der Waals surface area contributed by atoms with Crippen molar-refractivity contribution in [2.75, 3.05) is 11.4 Å². The Kier molecular flexibility index (Phi) is 6.35. The van der Waals surface area contributed by atoms with Crippen molar-refractivity contribution in [2.24, 2.45) is 0 Å². The molecular weight excluding hydrogens is 450 g/mol. The molecule has 3 aromatic carbocycles. The summed E-state index contributed by atoms with van der Waals surface area (Å²) in [6.45, 7) is 7.08. The van der Waals surface area contributed by atoms with Crippen LogP contribution in [0, 0.1) is 13.8 Å². The summed E-state index contributed by atoms with van der Waals surface area (Å²) in [5, 5.41) is 3.07. The standard InChI is InChI=1S/C30H31N3O3/c1-19-10-13-24(17-20(19)2)21(3)31-28(34)23-14-11-22(12-15-23)18-33-26-8-5-4-7-25(26)29(35)32-16-6-9-27(32)30(33)36/h4-5,7-8,10-15,17,21,27H,6,9,16,18H2,1-3H3,(H,31,34)/t21-,27-/m0/s1. The highest BCUT2D eigenvalue weighted by molar-refractivity contribution is 6.11. The van der Waals surface area contributed by atoms with Gasteiger partial charge in [-0.3, -0.25) is 14.4 Å². The molecule has 0 unspecified atom stereocenters. The van der Waals surface area contributed by atoms with Gasteiger partial charge in [0.15, 0.2) is 0 Å². The highest BCUT2D eigenvalue weighted by atomic mass is 16.2. The van der Waals surface area contributed by atoms with Crippen LogP contribution in [0.4, 0.5) is 5.69 Å². The zero-order chi connectivity index (χ0) is 25.4. The molecule has 5 rings (SSSR count). The number of anilines is 1. The van der Waals surface area contributed by atoms with Crippen LogP contribution in [-0.4, -0.2) is 35.2 Å². The van der Waals surface area contributed by atoms with Crippen LogP contribution in [0.15, 0.2) is 66.7 Å². The lowest BCUT2D eigenvalue weighted by molar-refractivity contribution is -0.122. The third-order valence-electron chi connectivity index (χ3n) is 7.43. The fourth-order valence-corrected chi connectivity index (χ4v) is 5.11. The van der Waals surface area contributed by atoms with Crippen molar-refractivity contribution in [3.8, 4) is 0 Å². The first-order valence-electron chi connectivity index (χ1n) is 12.5. The Morgan fingerprint density at radius 1 is 1.00 bits per heavy atom. The third kappa shape index (κ3) is 4.39. The van der Waals surface area contributed by atoms with Crippen molar-refractivity contribution in [3.05, 3.63) is 100 Å². The first-order valence-corrected chi connectivity index (χ1v) is 12.5. The number of aryl methyl sites for hydroxylation is 2. The smallest absolute Gasteiger partial charge is 0.256 e. The molecule has 2 aliphatic rings. The summed E-state index contributed by atoms with van der Waals surface area (Å²) in [5.74, 6) is -0.264. The van der Waals surface area contributed by atoms with Gasteiger partial charge in [-0.2, -0.15) is 0 Å². The van der Waals surface area contributed by atoms with Crippen molar-refractivity contribution in [3.63, 3.8) is 0 Å². The monoisotopic (exact) mass is 481 g/mol. The maximum absolute atomic E-state index is 13.5. The largest absolute Gasteiger partial charge is 0.346 e. The van der Waals surface area contributed by atoms with Crippen LogP contribution in [-0.2, 0) is 11.3 Å². The van der Waals surface area contributed by atoms with E-state index in [9.17, 15) is 14.4 Å². The van der Waals surface area contributed by atoms with Gasteiger partial charge in [-0.25, -0.2) is 0 Å². The van der Waals surface area contributed by atoms with E-state index in [0.29, 0.717) is 36.3 Å². The summed E-state index contributed by atoms with van der Waals surface area (Å²) >= 11 is 0. The molecule has 6 heteroatoms. The number of hydrogen-bond acceptors (Lipinski definition) is 3. The number of benzene rings is 3. The fourth-order valence-electron chi connectivity index (χ4n) is 5.11. The summed E-state index contributed by atoms with van der Waals surface area (Å²) in [5.41, 5.74) is 6.16. The Morgan fingerprint density at radius 2 is 1.75 bits per heavy atom. The van der Waals surface area contributed by atoms with Crippen LogP contribution in [0.5, 0.6) is 0 Å². The van der Waals surface area contributed by atoms with Gasteiger partial charge in [-0.05, 0) is 80.1 Å². The molecule has 1 saturated heterocycles. The number of fused-ring (bicyclic) bond motifs is 2. The molecule has 0 bridgehead atoms. The molecule has 2 aliphatic heterocycles. The zero-order valence-electron chi connectivity index (χ0n) is 21.0. The molecule has 0 aliphatic carbocycles. The summed E-state index contributed by atoms with van der Waals surface area (Å²) in [6.07, 6.45) is 1.52. The minimum atomic E-state index is -0.415. The maximum atomic E-state index is 13.5. The SMILES string of the molecule is Cc1ccc([C@H](C)NC(=O)c2ccc(CN3C(=O)[C@@H]4CCCN4C(=O)c4ccccc43)cc2)cc1C. The lowest BCUT2D eigenvalue weighted by Crippen LogP contribution is -2.44. The molecule has 1 N–H and O–H groups in total. The van der Waals surface area contributed by atoms with Gasteiger partial charge in [0.25, 0.3) is 11.8 Å². The Balaban J connectivity index is 1.33. The molecule has 1 fully saturated rings. The molecular formula is C30H31N3O3. The molecule has 0 aromatic heterocycles. The molecule has 36 heavy (non-hydrogen) atoms. The maximum Gasteiger partial charge on any atom is 0.256 e. The minimum Gasteiger partial charge on any atom is -0.346 e. The average molecular weight is 482 g/mol. The molecule has 184 valence electrons. The highest BCUT2D eigenvalue weighted by Gasteiger charge is 2.41. The number of nitrogens with one attached hydrogen (secondary N) is 1. The molecule has 2 atom stereocenters. The minimum absolute atomic E-state index is 0.0464. The van der Waals surface area contributed by atoms with Crippen LogP contribution in [0.25, 0.3) is 0 Å². The lowest BCUT2D eigenvalue weighted by atomic mass is 10.0. The molecule has 0 saturated carbocycles. The third-order valence-corrected chi connectivity index (χ3v) is 7.43. The van der Waals surface area contributed by atoms with E-state index in [4.69, 9.17) is 0 Å². The number of carbonyl (C=O) groups is 3. The van der Waals surface area contributed by atoms with Crippen molar-refractivity contribution in [1.29, 1.82) is 0 Å². The summed E-state index contributed by atoms with van der Waals surface area (Å²) in [7, 11) is 0.